The second kappa shape index (κ2) is 9.93. The number of thiol groups is 1. The first kappa shape index (κ1) is 21.3. The Hall–Kier alpha value is -2.91. The summed E-state index contributed by atoms with van der Waals surface area (Å²) in [5.74, 6) is -1.78. The Bertz CT molecular complexity index is 1110. The molecule has 0 spiro atoms. The molecule has 4 rings (SSSR count). The van der Waals surface area contributed by atoms with Gasteiger partial charge < -0.3 is 0 Å². The quantitative estimate of drug-likeness (QED) is 0.289. The Morgan fingerprint density at radius 1 is 0.516 bits per heavy atom. The second-order valence-electron chi connectivity index (χ2n) is 7.79. The molecule has 0 saturated heterocycles. The summed E-state index contributed by atoms with van der Waals surface area (Å²) < 4.78 is 27.1. The fourth-order valence-electron chi connectivity index (χ4n) is 3.70. The van der Waals surface area contributed by atoms with Crippen LogP contribution in [0.4, 0.5) is 8.78 Å². The molecule has 0 saturated carbocycles. The van der Waals surface area contributed by atoms with Gasteiger partial charge in [-0.3, -0.25) is 0 Å². The summed E-state index contributed by atoms with van der Waals surface area (Å²) >= 11 is 4.01. The van der Waals surface area contributed by atoms with E-state index < -0.39 is 11.6 Å². The number of halogens is 2. The highest BCUT2D eigenvalue weighted by atomic mass is 32.1. The van der Waals surface area contributed by atoms with E-state index in [9.17, 15) is 8.78 Å². The van der Waals surface area contributed by atoms with Gasteiger partial charge in [-0.1, -0.05) is 78.9 Å². The highest BCUT2D eigenvalue weighted by Gasteiger charge is 2.09. The third-order valence-electron chi connectivity index (χ3n) is 5.57. The Kier molecular flexibility index (Phi) is 6.83. The van der Waals surface area contributed by atoms with Gasteiger partial charge in [-0.2, -0.15) is 0 Å². The third-order valence-corrected chi connectivity index (χ3v) is 5.89. The minimum atomic E-state index is -0.908. The van der Waals surface area contributed by atoms with Crippen molar-refractivity contribution in [1.82, 2.24) is 0 Å². The van der Waals surface area contributed by atoms with Crippen molar-refractivity contribution in [3.63, 3.8) is 0 Å². The molecule has 0 radical (unpaired) electrons. The molecule has 0 aliphatic rings. The predicted molar refractivity (Wildman–Crippen MR) is 127 cm³/mol. The monoisotopic (exact) mass is 430 g/mol. The molecule has 4 aromatic rings. The lowest BCUT2D eigenvalue weighted by molar-refractivity contribution is 0.492. The predicted octanol–water partition coefficient (Wildman–Crippen LogP) is 7.49. The van der Waals surface area contributed by atoms with Crippen LogP contribution in [0.5, 0.6) is 0 Å². The molecule has 0 nitrogen and oxygen atoms in total. The Balaban J connectivity index is 1.33. The number of rotatable bonds is 7. The van der Waals surface area contributed by atoms with Crippen LogP contribution in [0.1, 0.15) is 22.3 Å². The highest BCUT2D eigenvalue weighted by Crippen LogP contribution is 2.26. The Morgan fingerprint density at radius 2 is 0.968 bits per heavy atom. The van der Waals surface area contributed by atoms with Crippen molar-refractivity contribution in [3.8, 4) is 11.1 Å². The van der Waals surface area contributed by atoms with Gasteiger partial charge in [-0.25, -0.2) is 8.78 Å². The topological polar surface area (TPSA) is 0 Å². The van der Waals surface area contributed by atoms with E-state index in [1.54, 1.807) is 6.07 Å². The number of aryl methyl sites for hydroxylation is 4. The summed E-state index contributed by atoms with van der Waals surface area (Å²) in [6.45, 7) is 0. The number of benzene rings is 4. The van der Waals surface area contributed by atoms with E-state index in [0.717, 1.165) is 31.2 Å². The first-order chi connectivity index (χ1) is 15.1. The van der Waals surface area contributed by atoms with Crippen molar-refractivity contribution in [2.75, 3.05) is 0 Å². The minimum Gasteiger partial charge on any atom is -0.204 e. The van der Waals surface area contributed by atoms with Crippen LogP contribution < -0.4 is 0 Å². The molecule has 0 heterocycles. The molecule has 0 atom stereocenters. The summed E-state index contributed by atoms with van der Waals surface area (Å²) in [7, 11) is 0. The average Bonchev–Trinajstić information content (AvgIpc) is 2.81. The summed E-state index contributed by atoms with van der Waals surface area (Å²) in [6.07, 6.45) is 3.99. The first-order valence-electron chi connectivity index (χ1n) is 10.5. The van der Waals surface area contributed by atoms with Crippen LogP contribution in [0.3, 0.4) is 0 Å². The normalized spacial score (nSPS) is 10.9. The molecule has 0 aliphatic heterocycles. The van der Waals surface area contributed by atoms with Crippen LogP contribution in [-0.2, 0) is 25.7 Å². The molecule has 0 fully saturated rings. The van der Waals surface area contributed by atoms with Gasteiger partial charge in [0.25, 0.3) is 0 Å². The van der Waals surface area contributed by atoms with E-state index >= 15 is 0 Å². The van der Waals surface area contributed by atoms with E-state index in [0.29, 0.717) is 5.56 Å². The maximum atomic E-state index is 13.7. The molecule has 4 aromatic carbocycles. The second-order valence-corrected chi connectivity index (χ2v) is 8.27. The number of hydrogen-bond donors (Lipinski definition) is 1. The average molecular weight is 431 g/mol. The lowest BCUT2D eigenvalue weighted by atomic mass is 9.99. The van der Waals surface area contributed by atoms with Gasteiger partial charge in [0.15, 0.2) is 11.6 Å². The molecule has 156 valence electrons. The van der Waals surface area contributed by atoms with Crippen LogP contribution in [0.25, 0.3) is 11.1 Å². The molecule has 31 heavy (non-hydrogen) atoms. The zero-order chi connectivity index (χ0) is 21.6. The molecule has 0 N–H and O–H groups in total. The fraction of sp³-hybridized carbons (Fsp3) is 0.143. The van der Waals surface area contributed by atoms with E-state index in [1.807, 2.05) is 30.3 Å². The van der Waals surface area contributed by atoms with E-state index in [2.05, 4.69) is 61.2 Å². The molecule has 0 aromatic heterocycles. The molecule has 0 unspecified atom stereocenters. The van der Waals surface area contributed by atoms with Gasteiger partial charge in [0.2, 0.25) is 0 Å². The van der Waals surface area contributed by atoms with Gasteiger partial charge in [0.05, 0.1) is 0 Å². The fourth-order valence-corrected chi connectivity index (χ4v) is 3.95. The molecule has 0 bridgehead atoms. The van der Waals surface area contributed by atoms with Crippen molar-refractivity contribution in [2.45, 2.75) is 30.6 Å². The standard InChI is InChI=1S/C28H24F2S/c29-26-18-25(19-27(31)28(26)30)24-16-14-23(15-17-24)13-12-22-10-8-21(9-11-22)7-6-20-4-2-1-3-5-20/h1-5,8-11,14-19,31H,6-7,12-13H2. The highest BCUT2D eigenvalue weighted by molar-refractivity contribution is 7.80. The van der Waals surface area contributed by atoms with Gasteiger partial charge >= 0.3 is 0 Å². The Labute approximate surface area is 188 Å². The lowest BCUT2D eigenvalue weighted by Crippen LogP contribution is -1.94. The summed E-state index contributed by atoms with van der Waals surface area (Å²) in [5.41, 5.74) is 6.72. The minimum absolute atomic E-state index is 0.0197. The van der Waals surface area contributed by atoms with Crippen LogP contribution in [0, 0.1) is 11.6 Å². The zero-order valence-electron chi connectivity index (χ0n) is 17.2. The van der Waals surface area contributed by atoms with Gasteiger partial charge in [0.1, 0.15) is 0 Å². The Morgan fingerprint density at radius 3 is 1.45 bits per heavy atom. The van der Waals surface area contributed by atoms with E-state index in [1.165, 1.54) is 28.3 Å². The lowest BCUT2D eigenvalue weighted by Gasteiger charge is -2.08. The van der Waals surface area contributed by atoms with Crippen LogP contribution in [0.2, 0.25) is 0 Å². The molecule has 0 aliphatic carbocycles. The SMILES string of the molecule is Fc1cc(-c2ccc(CCc3ccc(CCc4ccccc4)cc3)cc2)cc(S)c1F. The van der Waals surface area contributed by atoms with Gasteiger partial charge in [0, 0.05) is 4.90 Å². The number of hydrogen-bond acceptors (Lipinski definition) is 1. The van der Waals surface area contributed by atoms with Crippen LogP contribution in [0.15, 0.2) is 95.9 Å². The summed E-state index contributed by atoms with van der Waals surface area (Å²) in [6, 6.07) is 30.2. The van der Waals surface area contributed by atoms with Crippen molar-refractivity contribution in [2.24, 2.45) is 0 Å². The smallest absolute Gasteiger partial charge is 0.172 e. The maximum absolute atomic E-state index is 13.7. The molecule has 3 heteroatoms. The largest absolute Gasteiger partial charge is 0.204 e. The van der Waals surface area contributed by atoms with Gasteiger partial charge in [-0.15, -0.1) is 12.6 Å². The third kappa shape index (κ3) is 5.62. The summed E-state index contributed by atoms with van der Waals surface area (Å²) in [4.78, 5) is 0.0197. The van der Waals surface area contributed by atoms with Crippen molar-refractivity contribution in [3.05, 3.63) is 125 Å². The van der Waals surface area contributed by atoms with E-state index in [4.69, 9.17) is 0 Å². The maximum Gasteiger partial charge on any atom is 0.172 e. The molecule has 0 amide bonds. The van der Waals surface area contributed by atoms with Crippen LogP contribution in [-0.4, -0.2) is 0 Å². The summed E-state index contributed by atoms with van der Waals surface area (Å²) in [5, 5.41) is 0. The molecular formula is C28H24F2S. The van der Waals surface area contributed by atoms with Crippen LogP contribution >= 0.6 is 12.6 Å². The first-order valence-corrected chi connectivity index (χ1v) is 10.9. The van der Waals surface area contributed by atoms with Crippen molar-refractivity contribution in [1.29, 1.82) is 0 Å². The van der Waals surface area contributed by atoms with Crippen molar-refractivity contribution < 1.29 is 8.78 Å². The van der Waals surface area contributed by atoms with Crippen molar-refractivity contribution >= 4 is 12.6 Å². The molecular weight excluding hydrogens is 406 g/mol. The van der Waals surface area contributed by atoms with E-state index in [-0.39, 0.29) is 4.90 Å². The van der Waals surface area contributed by atoms with Gasteiger partial charge in [-0.05, 0) is 71.2 Å². The zero-order valence-corrected chi connectivity index (χ0v) is 18.1.